The summed E-state index contributed by atoms with van der Waals surface area (Å²) in [6.45, 7) is 1.01. The lowest BCUT2D eigenvalue weighted by Gasteiger charge is -2.42. The predicted octanol–water partition coefficient (Wildman–Crippen LogP) is -2.19. The first-order chi connectivity index (χ1) is 8.96. The van der Waals surface area contributed by atoms with Crippen molar-refractivity contribution < 1.29 is 39.4 Å². The van der Waals surface area contributed by atoms with Gasteiger partial charge in [-0.2, -0.15) is 0 Å². The molecular weight excluding hydrogens is 260 g/mol. The molecule has 0 radical (unpaired) electrons. The number of methoxy groups -OCH3 is 2. The van der Waals surface area contributed by atoms with Gasteiger partial charge in [-0.05, 0) is 6.92 Å². The third-order valence-electron chi connectivity index (χ3n) is 2.97. The van der Waals surface area contributed by atoms with Crippen LogP contribution in [0.2, 0.25) is 0 Å². The minimum Gasteiger partial charge on any atom is -0.394 e. The van der Waals surface area contributed by atoms with Gasteiger partial charge in [-0.1, -0.05) is 0 Å². The third-order valence-corrected chi connectivity index (χ3v) is 2.97. The van der Waals surface area contributed by atoms with Crippen LogP contribution in [0, 0.1) is 0 Å². The highest BCUT2D eigenvalue weighted by Crippen LogP contribution is 2.25. The molecule has 0 aromatic rings. The maximum Gasteiger partial charge on any atom is 0.186 e. The van der Waals surface area contributed by atoms with E-state index in [1.54, 1.807) is 0 Å². The van der Waals surface area contributed by atoms with Crippen molar-refractivity contribution in [2.45, 2.75) is 50.0 Å². The van der Waals surface area contributed by atoms with Gasteiger partial charge in [0.05, 0.1) is 6.61 Å². The Hall–Kier alpha value is -0.320. The molecule has 0 aliphatic carbocycles. The minimum atomic E-state index is -1.34. The quantitative estimate of drug-likeness (QED) is 0.406. The second kappa shape index (κ2) is 7.46. The van der Waals surface area contributed by atoms with Gasteiger partial charge in [0.25, 0.3) is 0 Å². The average Bonchev–Trinajstić information content (AvgIpc) is 2.40. The van der Waals surface area contributed by atoms with Crippen molar-refractivity contribution in [1.29, 1.82) is 0 Å². The molecule has 0 bridgehead atoms. The summed E-state index contributed by atoms with van der Waals surface area (Å²) in [5.41, 5.74) is 0. The lowest BCUT2D eigenvalue weighted by atomic mass is 9.99. The largest absolute Gasteiger partial charge is 0.394 e. The number of aliphatic hydroxyl groups excluding tert-OH is 4. The van der Waals surface area contributed by atoms with Crippen LogP contribution in [0.25, 0.3) is 0 Å². The summed E-state index contributed by atoms with van der Waals surface area (Å²) in [6, 6.07) is 0. The van der Waals surface area contributed by atoms with Crippen molar-refractivity contribution in [1.82, 2.24) is 0 Å². The fourth-order valence-corrected chi connectivity index (χ4v) is 1.94. The fraction of sp³-hybridized carbons (Fsp3) is 1.00. The summed E-state index contributed by atoms with van der Waals surface area (Å²) in [5.74, 6) is 0. The molecule has 1 aliphatic rings. The van der Waals surface area contributed by atoms with Crippen LogP contribution in [0.5, 0.6) is 0 Å². The Kier molecular flexibility index (Phi) is 6.57. The highest BCUT2D eigenvalue weighted by Gasteiger charge is 2.46. The number of rotatable bonds is 6. The number of hydrogen-bond acceptors (Lipinski definition) is 8. The van der Waals surface area contributed by atoms with Crippen molar-refractivity contribution in [2.24, 2.45) is 0 Å². The third kappa shape index (κ3) is 3.83. The van der Waals surface area contributed by atoms with Crippen LogP contribution >= 0.6 is 0 Å². The molecule has 4 N–H and O–H groups in total. The zero-order valence-electron chi connectivity index (χ0n) is 11.2. The van der Waals surface area contributed by atoms with Crippen molar-refractivity contribution in [3.63, 3.8) is 0 Å². The SMILES string of the molecule is COC(OC1C(CO)OC(OC)C(O)C1O)C(C)O. The maximum absolute atomic E-state index is 9.98. The molecule has 8 nitrogen and oxygen atoms in total. The Morgan fingerprint density at radius 2 is 1.84 bits per heavy atom. The van der Waals surface area contributed by atoms with Crippen LogP contribution in [0.1, 0.15) is 6.92 Å². The van der Waals surface area contributed by atoms with E-state index < -0.39 is 49.7 Å². The van der Waals surface area contributed by atoms with Gasteiger partial charge in [0.15, 0.2) is 12.6 Å². The van der Waals surface area contributed by atoms with E-state index in [0.29, 0.717) is 0 Å². The van der Waals surface area contributed by atoms with E-state index in [1.165, 1.54) is 21.1 Å². The fourth-order valence-electron chi connectivity index (χ4n) is 1.94. The van der Waals surface area contributed by atoms with Crippen LogP contribution in [0.15, 0.2) is 0 Å². The molecule has 114 valence electrons. The molecule has 7 atom stereocenters. The van der Waals surface area contributed by atoms with E-state index in [2.05, 4.69) is 0 Å². The van der Waals surface area contributed by atoms with Gasteiger partial charge in [-0.25, -0.2) is 0 Å². The van der Waals surface area contributed by atoms with E-state index >= 15 is 0 Å². The van der Waals surface area contributed by atoms with Crippen molar-refractivity contribution in [3.8, 4) is 0 Å². The Morgan fingerprint density at radius 3 is 2.26 bits per heavy atom. The van der Waals surface area contributed by atoms with E-state index in [0.717, 1.165) is 0 Å². The molecule has 1 saturated heterocycles. The molecule has 1 heterocycles. The molecule has 0 spiro atoms. The molecule has 0 amide bonds. The molecule has 1 aliphatic heterocycles. The lowest BCUT2D eigenvalue weighted by Crippen LogP contribution is -2.61. The summed E-state index contributed by atoms with van der Waals surface area (Å²) in [7, 11) is 2.64. The van der Waals surface area contributed by atoms with Crippen molar-refractivity contribution >= 4 is 0 Å². The normalized spacial score (nSPS) is 39.0. The lowest BCUT2D eigenvalue weighted by molar-refractivity contribution is -0.327. The summed E-state index contributed by atoms with van der Waals surface area (Å²) in [5, 5.41) is 38.4. The molecule has 8 heteroatoms. The number of aliphatic hydroxyl groups is 4. The number of hydrogen-bond donors (Lipinski definition) is 4. The summed E-state index contributed by atoms with van der Waals surface area (Å²) in [6.07, 6.45) is -7.64. The summed E-state index contributed by atoms with van der Waals surface area (Å²) >= 11 is 0. The van der Waals surface area contributed by atoms with Gasteiger partial charge < -0.3 is 39.4 Å². The highest BCUT2D eigenvalue weighted by atomic mass is 16.7. The zero-order chi connectivity index (χ0) is 14.6. The molecule has 0 saturated carbocycles. The molecule has 19 heavy (non-hydrogen) atoms. The minimum absolute atomic E-state index is 0.440. The second-order valence-electron chi connectivity index (χ2n) is 4.39. The first-order valence-corrected chi connectivity index (χ1v) is 5.97. The first-order valence-electron chi connectivity index (χ1n) is 5.97. The Morgan fingerprint density at radius 1 is 1.21 bits per heavy atom. The van der Waals surface area contributed by atoms with Crippen molar-refractivity contribution in [2.75, 3.05) is 20.8 Å². The van der Waals surface area contributed by atoms with Gasteiger partial charge >= 0.3 is 0 Å². The first kappa shape index (κ1) is 16.7. The summed E-state index contributed by atoms with van der Waals surface area (Å²) < 4.78 is 20.4. The predicted molar refractivity (Wildman–Crippen MR) is 62.1 cm³/mol. The van der Waals surface area contributed by atoms with Crippen LogP contribution < -0.4 is 0 Å². The van der Waals surface area contributed by atoms with Gasteiger partial charge in [-0.3, -0.25) is 0 Å². The van der Waals surface area contributed by atoms with Crippen molar-refractivity contribution in [3.05, 3.63) is 0 Å². The summed E-state index contributed by atoms with van der Waals surface area (Å²) in [4.78, 5) is 0. The maximum atomic E-state index is 9.98. The van der Waals surface area contributed by atoms with Gasteiger partial charge in [0, 0.05) is 14.2 Å². The smallest absolute Gasteiger partial charge is 0.186 e. The van der Waals surface area contributed by atoms with Gasteiger partial charge in [-0.15, -0.1) is 0 Å². The topological polar surface area (TPSA) is 118 Å². The van der Waals surface area contributed by atoms with Crippen LogP contribution in [-0.2, 0) is 18.9 Å². The molecule has 0 aromatic carbocycles. The van der Waals surface area contributed by atoms with Crippen LogP contribution in [0.3, 0.4) is 0 Å². The van der Waals surface area contributed by atoms with E-state index in [9.17, 15) is 20.4 Å². The Balaban J connectivity index is 2.78. The van der Waals surface area contributed by atoms with Crippen LogP contribution in [0.4, 0.5) is 0 Å². The zero-order valence-corrected chi connectivity index (χ0v) is 11.2. The van der Waals surface area contributed by atoms with Crippen LogP contribution in [-0.4, -0.2) is 84.4 Å². The Labute approximate surface area is 111 Å². The molecule has 1 rings (SSSR count). The standard InChI is InChI=1S/C11H22O8/c1-5(13)10(16-2)19-9-6(4-12)18-11(17-3)8(15)7(9)14/h5-15H,4H2,1-3H3. The van der Waals surface area contributed by atoms with Gasteiger partial charge in [0.1, 0.15) is 30.5 Å². The van der Waals surface area contributed by atoms with E-state index in [1.807, 2.05) is 0 Å². The monoisotopic (exact) mass is 282 g/mol. The van der Waals surface area contributed by atoms with E-state index in [4.69, 9.17) is 18.9 Å². The average molecular weight is 282 g/mol. The molecule has 0 aromatic heterocycles. The molecule has 7 unspecified atom stereocenters. The molecular formula is C11H22O8. The second-order valence-corrected chi connectivity index (χ2v) is 4.39. The Bertz CT molecular complexity index is 259. The van der Waals surface area contributed by atoms with Gasteiger partial charge in [0.2, 0.25) is 0 Å². The molecule has 1 fully saturated rings. The highest BCUT2D eigenvalue weighted by molar-refractivity contribution is 4.90. The number of ether oxygens (including phenoxy) is 4. The van der Waals surface area contributed by atoms with E-state index in [-0.39, 0.29) is 0 Å².